The lowest BCUT2D eigenvalue weighted by Crippen LogP contribution is -2.44. The molecule has 2 saturated heterocycles. The van der Waals surface area contributed by atoms with Gasteiger partial charge in [0.25, 0.3) is 0 Å². The number of hydrogen-bond donors (Lipinski definition) is 0. The highest BCUT2D eigenvalue weighted by Crippen LogP contribution is 2.24. The zero-order chi connectivity index (χ0) is 21.0. The Balaban J connectivity index is 1.34. The quantitative estimate of drug-likeness (QED) is 0.734. The first kappa shape index (κ1) is 20.7. The van der Waals surface area contributed by atoms with Gasteiger partial charge in [-0.1, -0.05) is 18.2 Å². The lowest BCUT2D eigenvalue weighted by atomic mass is 9.95. The van der Waals surface area contributed by atoms with E-state index in [4.69, 9.17) is 0 Å². The number of anilines is 1. The monoisotopic (exact) mass is 429 g/mol. The van der Waals surface area contributed by atoms with Crippen LogP contribution in [0.3, 0.4) is 0 Å². The summed E-state index contributed by atoms with van der Waals surface area (Å²) in [4.78, 5) is 25.7. The van der Waals surface area contributed by atoms with Crippen LogP contribution in [0.25, 0.3) is 0 Å². The van der Waals surface area contributed by atoms with E-state index in [0.29, 0.717) is 37.5 Å². The van der Waals surface area contributed by atoms with Gasteiger partial charge < -0.3 is 9.80 Å². The molecule has 0 aliphatic carbocycles. The topological polar surface area (TPSA) is 86.7 Å². The van der Waals surface area contributed by atoms with E-state index in [1.165, 1.54) is 4.31 Å². The van der Waals surface area contributed by atoms with E-state index in [2.05, 4.69) is 14.9 Å². The van der Waals surface area contributed by atoms with Gasteiger partial charge in [-0.15, -0.1) is 0 Å². The van der Waals surface area contributed by atoms with Crippen molar-refractivity contribution in [1.29, 1.82) is 0 Å². The Kier molecular flexibility index (Phi) is 6.29. The molecule has 2 aliphatic heterocycles. The van der Waals surface area contributed by atoms with Gasteiger partial charge in [0.15, 0.2) is 0 Å². The normalized spacial score (nSPS) is 19.5. The zero-order valence-electron chi connectivity index (χ0n) is 16.9. The lowest BCUT2D eigenvalue weighted by molar-refractivity contribution is -0.136. The summed E-state index contributed by atoms with van der Waals surface area (Å²) in [5, 5.41) is 0. The first-order valence-corrected chi connectivity index (χ1v) is 11.8. The van der Waals surface area contributed by atoms with Crippen molar-refractivity contribution in [2.45, 2.75) is 24.2 Å². The SMILES string of the molecule is O=C(C1CCN(c2ccncn2)CC1)N1CCCN(S(=O)(=O)c2ccccc2)CC1. The highest BCUT2D eigenvalue weighted by molar-refractivity contribution is 7.89. The van der Waals surface area contributed by atoms with E-state index in [9.17, 15) is 13.2 Å². The highest BCUT2D eigenvalue weighted by Gasteiger charge is 2.32. The summed E-state index contributed by atoms with van der Waals surface area (Å²) in [6.07, 6.45) is 5.49. The molecule has 160 valence electrons. The minimum atomic E-state index is -3.52. The molecule has 0 radical (unpaired) electrons. The molecule has 0 bridgehead atoms. The number of piperidine rings is 1. The predicted octanol–water partition coefficient (Wildman–Crippen LogP) is 1.62. The molecule has 9 heteroatoms. The summed E-state index contributed by atoms with van der Waals surface area (Å²) in [6.45, 7) is 3.39. The molecule has 8 nitrogen and oxygen atoms in total. The van der Waals surface area contributed by atoms with Crippen LogP contribution >= 0.6 is 0 Å². The molecule has 2 fully saturated rings. The Bertz CT molecular complexity index is 947. The van der Waals surface area contributed by atoms with Gasteiger partial charge in [0.1, 0.15) is 12.1 Å². The van der Waals surface area contributed by atoms with E-state index < -0.39 is 10.0 Å². The third-order valence-electron chi connectivity index (χ3n) is 5.88. The van der Waals surface area contributed by atoms with Crippen molar-refractivity contribution >= 4 is 21.7 Å². The Labute approximate surface area is 177 Å². The maximum atomic E-state index is 13.1. The number of hydrogen-bond acceptors (Lipinski definition) is 6. The van der Waals surface area contributed by atoms with Crippen molar-refractivity contribution in [1.82, 2.24) is 19.2 Å². The van der Waals surface area contributed by atoms with Gasteiger partial charge in [-0.05, 0) is 37.5 Å². The Hall–Kier alpha value is -2.52. The molecule has 2 aliphatic rings. The molecule has 2 aromatic rings. The summed E-state index contributed by atoms with van der Waals surface area (Å²) >= 11 is 0. The van der Waals surface area contributed by atoms with Crippen LogP contribution in [0.2, 0.25) is 0 Å². The lowest BCUT2D eigenvalue weighted by Gasteiger charge is -2.34. The van der Waals surface area contributed by atoms with Crippen LogP contribution in [0.15, 0.2) is 53.8 Å². The third-order valence-corrected chi connectivity index (χ3v) is 7.79. The van der Waals surface area contributed by atoms with Gasteiger partial charge in [0.2, 0.25) is 15.9 Å². The van der Waals surface area contributed by atoms with E-state index >= 15 is 0 Å². The van der Waals surface area contributed by atoms with Crippen molar-refractivity contribution < 1.29 is 13.2 Å². The van der Waals surface area contributed by atoms with E-state index in [1.807, 2.05) is 11.0 Å². The standard InChI is InChI=1S/C21H27N5O3S/c27-21(18-8-13-24(14-9-18)20-7-10-22-17-23-20)25-11-4-12-26(16-15-25)30(28,29)19-5-2-1-3-6-19/h1-3,5-7,10,17-18H,4,8-9,11-16H2. The van der Waals surface area contributed by atoms with Crippen molar-refractivity contribution in [3.8, 4) is 0 Å². The smallest absolute Gasteiger partial charge is 0.243 e. The molecule has 1 amide bonds. The molecule has 1 aromatic heterocycles. The molecule has 0 atom stereocenters. The molecule has 3 heterocycles. The Morgan fingerprint density at radius 2 is 1.70 bits per heavy atom. The summed E-state index contributed by atoms with van der Waals surface area (Å²) in [5.74, 6) is 1.03. The van der Waals surface area contributed by atoms with Crippen LogP contribution in [0.4, 0.5) is 5.82 Å². The van der Waals surface area contributed by atoms with Crippen LogP contribution < -0.4 is 4.90 Å². The van der Waals surface area contributed by atoms with E-state index in [-0.39, 0.29) is 11.8 Å². The molecule has 0 N–H and O–H groups in total. The molecule has 1 aromatic carbocycles. The fourth-order valence-electron chi connectivity index (χ4n) is 4.18. The van der Waals surface area contributed by atoms with Gasteiger partial charge in [-0.25, -0.2) is 18.4 Å². The fourth-order valence-corrected chi connectivity index (χ4v) is 5.67. The van der Waals surface area contributed by atoms with Crippen molar-refractivity contribution in [3.05, 3.63) is 48.9 Å². The van der Waals surface area contributed by atoms with Crippen LogP contribution in [0.1, 0.15) is 19.3 Å². The number of nitrogens with zero attached hydrogens (tertiary/aromatic N) is 5. The number of amides is 1. The predicted molar refractivity (Wildman–Crippen MR) is 113 cm³/mol. The van der Waals surface area contributed by atoms with Crippen LogP contribution in [-0.4, -0.2) is 72.8 Å². The number of rotatable bonds is 4. The van der Waals surface area contributed by atoms with Gasteiger partial charge in [0.05, 0.1) is 4.90 Å². The number of benzene rings is 1. The number of sulfonamides is 1. The zero-order valence-corrected chi connectivity index (χ0v) is 17.7. The maximum Gasteiger partial charge on any atom is 0.243 e. The van der Waals surface area contributed by atoms with Gasteiger partial charge in [-0.3, -0.25) is 4.79 Å². The Morgan fingerprint density at radius 1 is 0.933 bits per heavy atom. The molecule has 0 saturated carbocycles. The van der Waals surface area contributed by atoms with E-state index in [1.54, 1.807) is 42.9 Å². The summed E-state index contributed by atoms with van der Waals surface area (Å²) < 4.78 is 27.3. The third kappa shape index (κ3) is 4.46. The minimum absolute atomic E-state index is 0.0135. The van der Waals surface area contributed by atoms with Gasteiger partial charge in [-0.2, -0.15) is 4.31 Å². The summed E-state index contributed by atoms with van der Waals surface area (Å²) in [5.41, 5.74) is 0. The molecule has 30 heavy (non-hydrogen) atoms. The molecule has 0 unspecified atom stereocenters. The van der Waals surface area contributed by atoms with Crippen LogP contribution in [0, 0.1) is 5.92 Å². The number of aromatic nitrogens is 2. The number of carbonyl (C=O) groups is 1. The molecular weight excluding hydrogens is 402 g/mol. The average Bonchev–Trinajstić information content (AvgIpc) is 3.07. The average molecular weight is 430 g/mol. The molecule has 0 spiro atoms. The second-order valence-electron chi connectivity index (χ2n) is 7.72. The minimum Gasteiger partial charge on any atom is -0.356 e. The first-order valence-electron chi connectivity index (χ1n) is 10.4. The van der Waals surface area contributed by atoms with E-state index in [0.717, 1.165) is 31.7 Å². The second-order valence-corrected chi connectivity index (χ2v) is 9.66. The second kappa shape index (κ2) is 9.09. The van der Waals surface area contributed by atoms with Crippen LogP contribution in [-0.2, 0) is 14.8 Å². The summed E-state index contributed by atoms with van der Waals surface area (Å²) in [7, 11) is -3.52. The van der Waals surface area contributed by atoms with Crippen molar-refractivity contribution in [2.75, 3.05) is 44.2 Å². The van der Waals surface area contributed by atoms with Gasteiger partial charge in [0, 0.05) is 51.4 Å². The molecule has 4 rings (SSSR count). The first-order chi connectivity index (χ1) is 14.6. The Morgan fingerprint density at radius 3 is 2.40 bits per heavy atom. The van der Waals surface area contributed by atoms with Crippen LogP contribution in [0.5, 0.6) is 0 Å². The largest absolute Gasteiger partial charge is 0.356 e. The van der Waals surface area contributed by atoms with Crippen molar-refractivity contribution in [2.24, 2.45) is 5.92 Å². The fraction of sp³-hybridized carbons (Fsp3) is 0.476. The van der Waals surface area contributed by atoms with Crippen molar-refractivity contribution in [3.63, 3.8) is 0 Å². The van der Waals surface area contributed by atoms with Gasteiger partial charge >= 0.3 is 0 Å². The maximum absolute atomic E-state index is 13.1. The molecular formula is C21H27N5O3S. The summed E-state index contributed by atoms with van der Waals surface area (Å²) in [6, 6.07) is 10.4. The number of carbonyl (C=O) groups excluding carboxylic acids is 1. The highest BCUT2D eigenvalue weighted by atomic mass is 32.2.